The average Bonchev–Trinajstić information content (AvgIpc) is 2.85. The molecular weight excluding hydrogens is 366 g/mol. The quantitative estimate of drug-likeness (QED) is 0.627. The molecule has 0 aliphatic carbocycles. The van der Waals surface area contributed by atoms with E-state index >= 15 is 0 Å². The number of thioether (sulfide) groups is 1. The molecule has 0 spiro atoms. The number of non-ortho nitro benzene ring substituents is 1. The summed E-state index contributed by atoms with van der Waals surface area (Å²) in [6.07, 6.45) is 0. The minimum absolute atomic E-state index is 0.0421. The van der Waals surface area contributed by atoms with Gasteiger partial charge in [0.05, 0.1) is 11.5 Å². The SMILES string of the molecule is O=C1S[C@H](Nc2ccc(Cl)cc2)C(=O)N1Cc1ccc([N+](=O)[O-])cc1. The van der Waals surface area contributed by atoms with Crippen LogP contribution in [0.25, 0.3) is 0 Å². The fraction of sp³-hybridized carbons (Fsp3) is 0.125. The largest absolute Gasteiger partial charge is 0.365 e. The molecule has 0 saturated carbocycles. The Hall–Kier alpha value is -2.58. The number of rotatable bonds is 5. The van der Waals surface area contributed by atoms with Crippen LogP contribution in [-0.4, -0.2) is 26.3 Å². The fourth-order valence-electron chi connectivity index (χ4n) is 2.28. The van der Waals surface area contributed by atoms with Gasteiger partial charge >= 0.3 is 0 Å². The standard InChI is InChI=1S/C16H12ClN3O4S/c17-11-3-5-12(6-4-11)18-14-15(21)19(16(22)25-14)9-10-1-7-13(8-2-10)20(23)24/h1-8,14,18H,9H2/t14-/m0/s1. The molecule has 2 aromatic carbocycles. The first-order valence-corrected chi connectivity index (χ1v) is 8.47. The zero-order valence-corrected chi connectivity index (χ0v) is 14.3. The van der Waals surface area contributed by atoms with Crippen molar-refractivity contribution in [3.8, 4) is 0 Å². The van der Waals surface area contributed by atoms with E-state index in [1.165, 1.54) is 24.3 Å². The highest BCUT2D eigenvalue weighted by Gasteiger charge is 2.39. The Bertz CT molecular complexity index is 826. The molecule has 0 radical (unpaired) electrons. The van der Waals surface area contributed by atoms with E-state index < -0.39 is 10.3 Å². The van der Waals surface area contributed by atoms with Crippen molar-refractivity contribution in [3.05, 3.63) is 69.2 Å². The van der Waals surface area contributed by atoms with Crippen LogP contribution in [0.4, 0.5) is 16.2 Å². The zero-order chi connectivity index (χ0) is 18.0. The Labute approximate surface area is 152 Å². The minimum Gasteiger partial charge on any atom is -0.365 e. The number of carbonyl (C=O) groups excluding carboxylic acids is 2. The second-order valence-electron chi connectivity index (χ2n) is 5.26. The van der Waals surface area contributed by atoms with Crippen molar-refractivity contribution in [2.75, 3.05) is 5.32 Å². The van der Waals surface area contributed by atoms with Gasteiger partial charge in [0.2, 0.25) is 0 Å². The highest BCUT2D eigenvalue weighted by Crippen LogP contribution is 2.30. The van der Waals surface area contributed by atoms with Gasteiger partial charge in [-0.3, -0.25) is 24.6 Å². The Balaban J connectivity index is 1.68. The van der Waals surface area contributed by atoms with E-state index in [2.05, 4.69) is 5.32 Å². The van der Waals surface area contributed by atoms with Crippen LogP contribution in [0.3, 0.4) is 0 Å². The van der Waals surface area contributed by atoms with Crippen LogP contribution in [0, 0.1) is 10.1 Å². The summed E-state index contributed by atoms with van der Waals surface area (Å²) in [5.41, 5.74) is 1.28. The van der Waals surface area contributed by atoms with Crippen LogP contribution < -0.4 is 5.32 Å². The normalized spacial score (nSPS) is 17.0. The lowest BCUT2D eigenvalue weighted by Crippen LogP contribution is -2.33. The van der Waals surface area contributed by atoms with Crippen molar-refractivity contribution in [3.63, 3.8) is 0 Å². The van der Waals surface area contributed by atoms with E-state index in [4.69, 9.17) is 11.6 Å². The van der Waals surface area contributed by atoms with E-state index in [9.17, 15) is 19.7 Å². The monoisotopic (exact) mass is 377 g/mol. The first kappa shape index (κ1) is 17.2. The molecule has 1 aliphatic rings. The van der Waals surface area contributed by atoms with Gasteiger partial charge in [-0.05, 0) is 41.6 Å². The summed E-state index contributed by atoms with van der Waals surface area (Å²) in [7, 11) is 0. The molecule has 3 rings (SSSR count). The molecule has 1 atom stereocenters. The Morgan fingerprint density at radius 3 is 2.36 bits per heavy atom. The van der Waals surface area contributed by atoms with Gasteiger partial charge in [-0.1, -0.05) is 23.7 Å². The molecule has 7 nitrogen and oxygen atoms in total. The lowest BCUT2D eigenvalue weighted by molar-refractivity contribution is -0.384. The molecule has 1 saturated heterocycles. The number of hydrogen-bond acceptors (Lipinski definition) is 6. The third kappa shape index (κ3) is 3.92. The summed E-state index contributed by atoms with van der Waals surface area (Å²) in [4.78, 5) is 35.9. The van der Waals surface area contributed by atoms with Crippen molar-refractivity contribution in [2.45, 2.75) is 11.9 Å². The van der Waals surface area contributed by atoms with Crippen molar-refractivity contribution in [1.82, 2.24) is 4.90 Å². The summed E-state index contributed by atoms with van der Waals surface area (Å²) in [5.74, 6) is -0.358. The molecule has 1 aliphatic heterocycles. The van der Waals surface area contributed by atoms with Crippen LogP contribution >= 0.6 is 23.4 Å². The van der Waals surface area contributed by atoms with Gasteiger partial charge in [0, 0.05) is 22.8 Å². The molecule has 1 fully saturated rings. The molecule has 2 aromatic rings. The molecule has 0 aromatic heterocycles. The topological polar surface area (TPSA) is 92.6 Å². The number of nitrogens with one attached hydrogen (secondary N) is 1. The van der Waals surface area contributed by atoms with Gasteiger partial charge in [0.15, 0.2) is 5.37 Å². The van der Waals surface area contributed by atoms with Gasteiger partial charge in [-0.25, -0.2) is 0 Å². The van der Waals surface area contributed by atoms with Gasteiger partial charge in [-0.15, -0.1) is 0 Å². The molecule has 25 heavy (non-hydrogen) atoms. The third-order valence-electron chi connectivity index (χ3n) is 3.56. The predicted octanol–water partition coefficient (Wildman–Crippen LogP) is 3.88. The maximum absolute atomic E-state index is 12.5. The van der Waals surface area contributed by atoms with Crippen molar-refractivity contribution in [2.24, 2.45) is 0 Å². The number of nitrogens with zero attached hydrogens (tertiary/aromatic N) is 2. The van der Waals surface area contributed by atoms with Gasteiger partial charge in [-0.2, -0.15) is 0 Å². The number of imide groups is 1. The summed E-state index contributed by atoms with van der Waals surface area (Å²) in [6, 6.07) is 12.6. The van der Waals surface area contributed by atoms with Crippen LogP contribution in [0.1, 0.15) is 5.56 Å². The van der Waals surface area contributed by atoms with Gasteiger partial charge in [0.1, 0.15) is 0 Å². The van der Waals surface area contributed by atoms with Crippen molar-refractivity contribution < 1.29 is 14.5 Å². The maximum atomic E-state index is 12.5. The summed E-state index contributed by atoms with van der Waals surface area (Å²) < 4.78 is 0. The van der Waals surface area contributed by atoms with Crippen LogP contribution in [0.2, 0.25) is 5.02 Å². The Morgan fingerprint density at radius 1 is 1.12 bits per heavy atom. The van der Waals surface area contributed by atoms with E-state index in [1.54, 1.807) is 24.3 Å². The third-order valence-corrected chi connectivity index (χ3v) is 4.79. The second-order valence-corrected chi connectivity index (χ2v) is 6.76. The zero-order valence-electron chi connectivity index (χ0n) is 12.7. The Kier molecular flexibility index (Phi) is 4.91. The number of benzene rings is 2. The number of amides is 2. The summed E-state index contributed by atoms with van der Waals surface area (Å²) in [5, 5.41) is 13.2. The van der Waals surface area contributed by atoms with Crippen LogP contribution in [0.15, 0.2) is 48.5 Å². The minimum atomic E-state index is -0.716. The van der Waals surface area contributed by atoms with E-state index in [0.717, 1.165) is 16.7 Å². The second kappa shape index (κ2) is 7.12. The number of hydrogen-bond donors (Lipinski definition) is 1. The fourth-order valence-corrected chi connectivity index (χ4v) is 3.32. The molecule has 0 unspecified atom stereocenters. The highest BCUT2D eigenvalue weighted by atomic mass is 35.5. The van der Waals surface area contributed by atoms with E-state index in [1.807, 2.05) is 0 Å². The molecule has 2 amide bonds. The number of halogens is 1. The molecule has 0 bridgehead atoms. The number of nitro benzene ring substituents is 1. The molecule has 128 valence electrons. The average molecular weight is 378 g/mol. The van der Waals surface area contributed by atoms with Gasteiger partial charge < -0.3 is 5.32 Å². The van der Waals surface area contributed by atoms with Gasteiger partial charge in [0.25, 0.3) is 16.8 Å². The van der Waals surface area contributed by atoms with Crippen molar-refractivity contribution >= 4 is 45.9 Å². The number of nitro groups is 1. The highest BCUT2D eigenvalue weighted by molar-refractivity contribution is 8.15. The van der Waals surface area contributed by atoms with E-state index in [-0.39, 0.29) is 23.4 Å². The molecule has 1 N–H and O–H groups in total. The lowest BCUT2D eigenvalue weighted by atomic mass is 10.2. The smallest absolute Gasteiger partial charge is 0.291 e. The maximum Gasteiger partial charge on any atom is 0.291 e. The number of anilines is 1. The molecule has 1 heterocycles. The molecular formula is C16H12ClN3O4S. The van der Waals surface area contributed by atoms with Crippen molar-refractivity contribution in [1.29, 1.82) is 0 Å². The predicted molar refractivity (Wildman–Crippen MR) is 95.5 cm³/mol. The van der Waals surface area contributed by atoms with E-state index in [0.29, 0.717) is 16.3 Å². The summed E-state index contributed by atoms with van der Waals surface area (Å²) in [6.45, 7) is 0.0709. The first-order valence-electron chi connectivity index (χ1n) is 7.21. The first-order chi connectivity index (χ1) is 11.9. The van der Waals surface area contributed by atoms with Crippen LogP contribution in [0.5, 0.6) is 0 Å². The molecule has 9 heteroatoms. The number of carbonyl (C=O) groups is 2. The summed E-state index contributed by atoms with van der Waals surface area (Å²) >= 11 is 6.71. The Morgan fingerprint density at radius 2 is 1.76 bits per heavy atom. The van der Waals surface area contributed by atoms with Crippen LogP contribution in [-0.2, 0) is 11.3 Å². The lowest BCUT2D eigenvalue weighted by Gasteiger charge is -2.15.